The lowest BCUT2D eigenvalue weighted by atomic mass is 9.87. The van der Waals surface area contributed by atoms with Gasteiger partial charge in [0.2, 0.25) is 0 Å². The summed E-state index contributed by atoms with van der Waals surface area (Å²) in [5, 5.41) is -7.81. The van der Waals surface area contributed by atoms with Crippen LogP contribution in [0.1, 0.15) is 26.3 Å². The zero-order chi connectivity index (χ0) is 40.4. The molecule has 1 N–H and O–H groups in total. The minimum atomic E-state index is -8.95. The second kappa shape index (κ2) is 12.9. The van der Waals surface area contributed by atoms with Crippen molar-refractivity contribution in [3.05, 3.63) is 90.5 Å². The van der Waals surface area contributed by atoms with E-state index in [1.165, 1.54) is 24.3 Å². The third kappa shape index (κ3) is 6.28. The van der Waals surface area contributed by atoms with Crippen LogP contribution >= 0.6 is 10.3 Å². The van der Waals surface area contributed by atoms with Gasteiger partial charge in [-0.15, -0.1) is 8.42 Å². The minimum absolute atomic E-state index is 0.418. The van der Waals surface area contributed by atoms with Gasteiger partial charge in [-0.05, 0) is 47.4 Å². The van der Waals surface area contributed by atoms with Crippen molar-refractivity contribution in [1.82, 2.24) is 0 Å². The van der Waals surface area contributed by atoms with Gasteiger partial charge in [-0.2, -0.15) is 74.6 Å². The third-order valence-corrected chi connectivity index (χ3v) is 12.9. The highest BCUT2D eigenvalue weighted by Gasteiger charge is 2.97. The van der Waals surface area contributed by atoms with Crippen molar-refractivity contribution in [2.45, 2.75) is 87.8 Å². The Morgan fingerprint density at radius 3 is 1.06 bits per heavy atom. The van der Waals surface area contributed by atoms with Crippen LogP contribution in [0, 0.1) is 0 Å². The Bertz CT molecular complexity index is 1780. The van der Waals surface area contributed by atoms with Gasteiger partial charge in [-0.25, -0.2) is 0 Å². The van der Waals surface area contributed by atoms with Crippen LogP contribution in [0.25, 0.3) is 0 Å². The van der Waals surface area contributed by atoms with Gasteiger partial charge < -0.3 is 0 Å². The number of benzene rings is 3. The molecule has 0 radical (unpaired) electrons. The van der Waals surface area contributed by atoms with E-state index in [1.54, 1.807) is 20.8 Å². The number of halogens is 17. The fraction of sp³-hybridized carbons (Fsp3) is 0.400. The van der Waals surface area contributed by atoms with Gasteiger partial charge >= 0.3 is 57.1 Å². The molecular formula is C30H24F17O3S2+. The first kappa shape index (κ1) is 43.1. The molecule has 3 nitrogen and oxygen atoms in total. The average molecular weight is 820 g/mol. The quantitative estimate of drug-likeness (QED) is 0.104. The zero-order valence-electron chi connectivity index (χ0n) is 26.1. The summed E-state index contributed by atoms with van der Waals surface area (Å²) in [5.74, 6) is -52.3. The lowest BCUT2D eigenvalue weighted by molar-refractivity contribution is -0.458. The molecule has 0 unspecified atom stereocenters. The van der Waals surface area contributed by atoms with Crippen LogP contribution in [0.5, 0.6) is 0 Å². The van der Waals surface area contributed by atoms with Gasteiger partial charge in [0.05, 0.1) is 25.0 Å². The third-order valence-electron chi connectivity index (χ3n) is 7.46. The molecule has 0 spiro atoms. The molecule has 0 bridgehead atoms. The molecule has 22 heteroatoms. The summed E-state index contributed by atoms with van der Waals surface area (Å²) in [6.45, 7) is 5.06. The second-order valence-corrected chi connectivity index (χ2v) is 16.6. The van der Waals surface area contributed by atoms with Crippen molar-refractivity contribution >= 4 is 20.4 Å². The number of hydrogen-bond acceptors (Lipinski definition) is 2. The molecule has 3 rings (SSSR count). The Kier molecular flexibility index (Phi) is 10.7. The number of hydrogen-bond donors (Lipinski definition) is 0. The van der Waals surface area contributed by atoms with E-state index in [-0.39, 0.29) is 0 Å². The fourth-order valence-electron chi connectivity index (χ4n) is 4.43. The molecule has 0 aromatic heterocycles. The van der Waals surface area contributed by atoms with Crippen molar-refractivity contribution in [3.63, 3.8) is 0 Å². The van der Waals surface area contributed by atoms with Crippen molar-refractivity contribution in [2.75, 3.05) is 0 Å². The van der Waals surface area contributed by atoms with Crippen LogP contribution in [0.4, 0.5) is 74.6 Å². The van der Waals surface area contributed by atoms with Crippen LogP contribution < -0.4 is 0 Å². The van der Waals surface area contributed by atoms with Gasteiger partial charge in [-0.1, -0.05) is 69.3 Å². The highest BCUT2D eigenvalue weighted by Crippen LogP contribution is 2.70. The SMILES string of the molecule is CC(C)(C)c1ccc(S([OH+]S(=O)(=O)C(F)(F)C(F)(F)C(F)(F)C(F)(F)C(F)(F)C(F)(F)C(F)(F)C(F)(F)F)(c2ccccc2)c2ccccc2)cc1. The highest BCUT2D eigenvalue weighted by atomic mass is 32.3. The summed E-state index contributed by atoms with van der Waals surface area (Å²) in [5.41, 5.74) is -0.158. The molecule has 0 atom stereocenters. The molecule has 0 aliphatic heterocycles. The molecule has 3 aromatic rings. The van der Waals surface area contributed by atoms with Crippen LogP contribution in [-0.2, 0) is 15.5 Å². The van der Waals surface area contributed by atoms with Crippen molar-refractivity contribution in [3.8, 4) is 0 Å². The van der Waals surface area contributed by atoms with Gasteiger partial charge in [-0.3, -0.25) is 3.63 Å². The van der Waals surface area contributed by atoms with Crippen LogP contribution in [0.15, 0.2) is 99.6 Å². The molecule has 0 amide bonds. The molecule has 0 aliphatic carbocycles. The smallest absolute Gasteiger partial charge is 0.257 e. The maximum atomic E-state index is 15.4. The first-order valence-electron chi connectivity index (χ1n) is 13.9. The van der Waals surface area contributed by atoms with E-state index >= 15 is 8.78 Å². The monoisotopic (exact) mass is 819 g/mol. The van der Waals surface area contributed by atoms with Gasteiger partial charge in [0.25, 0.3) is 0 Å². The first-order chi connectivity index (χ1) is 23.1. The maximum absolute atomic E-state index is 15.4. The van der Waals surface area contributed by atoms with Crippen molar-refractivity contribution < 1.29 is 86.7 Å². The lowest BCUT2D eigenvalue weighted by Gasteiger charge is -2.42. The Labute approximate surface area is 285 Å². The zero-order valence-corrected chi connectivity index (χ0v) is 27.7. The largest absolute Gasteiger partial charge is 0.486 e. The van der Waals surface area contributed by atoms with Gasteiger partial charge in [0.15, 0.2) is 0 Å². The summed E-state index contributed by atoms with van der Waals surface area (Å²) in [7, 11) is -12.2. The summed E-state index contributed by atoms with van der Waals surface area (Å²) in [6, 6.07) is 15.9. The predicted molar refractivity (Wildman–Crippen MR) is 153 cm³/mol. The van der Waals surface area contributed by atoms with E-state index in [1.807, 2.05) is 0 Å². The topological polar surface area (TPSA) is 46.9 Å². The number of rotatable bonds is 12. The molecule has 0 aliphatic rings. The van der Waals surface area contributed by atoms with E-state index in [2.05, 4.69) is 3.63 Å². The molecule has 0 fully saturated rings. The molecule has 292 valence electrons. The Balaban J connectivity index is 2.33. The lowest BCUT2D eigenvalue weighted by Crippen LogP contribution is -2.75. The standard InChI is InChI=1S/C30H23F17O3S2/c1-22(2,3)18-14-16-21(17-15-18)51(19-10-6-4-7-11-19,20-12-8-5-9-13-20)50-52(48,49)30(46,47)28(41,42)26(37,38)24(33,34)23(31,32)25(35,36)27(39,40)29(43,44)45/h4-17H,1-3H3/p+1. The van der Waals surface area contributed by atoms with Crippen LogP contribution in [-0.4, -0.2) is 59.0 Å². The van der Waals surface area contributed by atoms with E-state index in [4.69, 9.17) is 0 Å². The highest BCUT2D eigenvalue weighted by molar-refractivity contribution is 8.32. The molecule has 0 heterocycles. The second-order valence-electron chi connectivity index (χ2n) is 12.0. The van der Waals surface area contributed by atoms with Crippen molar-refractivity contribution in [2.24, 2.45) is 0 Å². The van der Waals surface area contributed by atoms with E-state index in [9.17, 15) is 74.3 Å². The van der Waals surface area contributed by atoms with E-state index in [0.717, 1.165) is 60.7 Å². The van der Waals surface area contributed by atoms with E-state index < -0.39 is 87.5 Å². The molecule has 3 aromatic carbocycles. The predicted octanol–water partition coefficient (Wildman–Crippen LogP) is 11.6. The summed E-state index contributed by atoms with van der Waals surface area (Å²) < 4.78 is 267. The Hall–Kier alpha value is -3.27. The average Bonchev–Trinajstić information content (AvgIpc) is 3.03. The van der Waals surface area contributed by atoms with Crippen molar-refractivity contribution in [1.29, 1.82) is 0 Å². The molecular weight excluding hydrogens is 795 g/mol. The van der Waals surface area contributed by atoms with Crippen LogP contribution in [0.2, 0.25) is 0 Å². The van der Waals surface area contributed by atoms with Crippen LogP contribution in [0.3, 0.4) is 0 Å². The first-order valence-corrected chi connectivity index (χ1v) is 16.9. The minimum Gasteiger partial charge on any atom is -0.257 e. The van der Waals surface area contributed by atoms with Gasteiger partial charge in [0, 0.05) is 0 Å². The maximum Gasteiger partial charge on any atom is 0.486 e. The van der Waals surface area contributed by atoms with Gasteiger partial charge in [0.1, 0.15) is 0 Å². The number of alkyl halides is 17. The molecule has 0 saturated carbocycles. The molecule has 52 heavy (non-hydrogen) atoms. The Morgan fingerprint density at radius 2 is 0.731 bits per heavy atom. The fourth-order valence-corrected chi connectivity index (χ4v) is 9.91. The van der Waals surface area contributed by atoms with E-state index in [0.29, 0.717) is 5.56 Å². The molecule has 0 saturated heterocycles. The Morgan fingerprint density at radius 1 is 0.423 bits per heavy atom. The summed E-state index contributed by atoms with van der Waals surface area (Å²) in [4.78, 5) is -1.27. The summed E-state index contributed by atoms with van der Waals surface area (Å²) >= 11 is 0. The normalized spacial score (nSPS) is 15.5. The summed E-state index contributed by atoms with van der Waals surface area (Å²) in [6.07, 6.45) is -7.92.